The van der Waals surface area contributed by atoms with E-state index in [1.165, 1.54) is 12.1 Å². The molecule has 0 saturated carbocycles. The van der Waals surface area contributed by atoms with E-state index in [-0.39, 0.29) is 5.78 Å². The van der Waals surface area contributed by atoms with Gasteiger partial charge in [-0.3, -0.25) is 14.4 Å². The number of ether oxygens (including phenoxy) is 1. The molecular formula is C16H17Cl2NO5. The van der Waals surface area contributed by atoms with Gasteiger partial charge in [0.15, 0.2) is 16.7 Å². The van der Waals surface area contributed by atoms with Crippen molar-refractivity contribution in [3.63, 3.8) is 0 Å². The number of alkyl halides is 2. The van der Waals surface area contributed by atoms with Crippen LogP contribution in [0.15, 0.2) is 36.4 Å². The van der Waals surface area contributed by atoms with Crippen molar-refractivity contribution in [3.05, 3.63) is 42.0 Å². The predicted molar refractivity (Wildman–Crippen MR) is 90.8 cm³/mol. The second kappa shape index (κ2) is 9.30. The fourth-order valence-electron chi connectivity index (χ4n) is 1.62. The average molecular weight is 374 g/mol. The molecule has 0 bridgehead atoms. The van der Waals surface area contributed by atoms with Crippen molar-refractivity contribution in [1.29, 1.82) is 0 Å². The molecule has 0 aliphatic heterocycles. The second-order valence-corrected chi connectivity index (χ2v) is 5.69. The molecule has 0 heterocycles. The van der Waals surface area contributed by atoms with Crippen molar-refractivity contribution in [2.75, 3.05) is 6.54 Å². The largest absolute Gasteiger partial charge is 0.480 e. The standard InChI is InChI=1S/C16H17Cl2NO5/c1-3-9(2)14(22)10-4-6-11(7-5-10)24-15(18)13(17)16(23)19-8-12(20)21/h4-7,13,15H,2-3,8H2,1H3,(H,19,23)(H,20,21). The van der Waals surface area contributed by atoms with Crippen LogP contribution in [0.4, 0.5) is 0 Å². The third-order valence-corrected chi connectivity index (χ3v) is 3.90. The van der Waals surface area contributed by atoms with E-state index in [2.05, 4.69) is 11.9 Å². The summed E-state index contributed by atoms with van der Waals surface area (Å²) in [6.07, 6.45) is 0.556. The SMILES string of the molecule is C=C(CC)C(=O)c1ccc(OC(Cl)C(Cl)C(=O)NCC(=O)O)cc1. The maximum atomic E-state index is 11.9. The molecule has 0 radical (unpaired) electrons. The molecule has 1 aromatic rings. The summed E-state index contributed by atoms with van der Waals surface area (Å²) in [6, 6.07) is 6.14. The van der Waals surface area contributed by atoms with Crippen LogP contribution in [-0.4, -0.2) is 40.3 Å². The van der Waals surface area contributed by atoms with E-state index in [0.717, 1.165) is 0 Å². The quantitative estimate of drug-likeness (QED) is 0.394. The highest BCUT2D eigenvalue weighted by atomic mass is 35.5. The van der Waals surface area contributed by atoms with Crippen molar-refractivity contribution >= 4 is 40.9 Å². The number of amides is 1. The molecule has 2 atom stereocenters. The summed E-state index contributed by atoms with van der Waals surface area (Å²) in [7, 11) is 0. The number of aliphatic carboxylic acids is 1. The zero-order valence-electron chi connectivity index (χ0n) is 12.9. The molecule has 1 rings (SSSR count). The number of rotatable bonds is 9. The van der Waals surface area contributed by atoms with Crippen LogP contribution >= 0.6 is 23.2 Å². The lowest BCUT2D eigenvalue weighted by molar-refractivity contribution is -0.138. The van der Waals surface area contributed by atoms with Crippen molar-refractivity contribution in [3.8, 4) is 5.75 Å². The molecule has 0 spiro atoms. The lowest BCUT2D eigenvalue weighted by atomic mass is 10.0. The van der Waals surface area contributed by atoms with Gasteiger partial charge in [-0.1, -0.05) is 25.1 Å². The number of carbonyl (C=O) groups excluding carboxylic acids is 2. The van der Waals surface area contributed by atoms with Crippen molar-refractivity contribution in [2.45, 2.75) is 24.3 Å². The van der Waals surface area contributed by atoms with Gasteiger partial charge < -0.3 is 15.2 Å². The van der Waals surface area contributed by atoms with E-state index < -0.39 is 29.4 Å². The van der Waals surface area contributed by atoms with Crippen LogP contribution < -0.4 is 10.1 Å². The second-order valence-electron chi connectivity index (χ2n) is 4.79. The summed E-state index contributed by atoms with van der Waals surface area (Å²) < 4.78 is 5.32. The Morgan fingerprint density at radius 1 is 1.25 bits per heavy atom. The number of carbonyl (C=O) groups is 3. The molecule has 130 valence electrons. The van der Waals surface area contributed by atoms with Crippen LogP contribution in [0.3, 0.4) is 0 Å². The highest BCUT2D eigenvalue weighted by molar-refractivity contribution is 6.37. The number of Topliss-reactive ketones (excluding diaryl/α,β-unsaturated/α-hetero) is 1. The number of benzene rings is 1. The summed E-state index contributed by atoms with van der Waals surface area (Å²) in [5.41, 5.74) is -0.260. The van der Waals surface area contributed by atoms with Gasteiger partial charge in [-0.25, -0.2) is 0 Å². The molecule has 0 fully saturated rings. The number of allylic oxidation sites excluding steroid dienone is 1. The fourth-order valence-corrected chi connectivity index (χ4v) is 1.96. The number of hydrogen-bond donors (Lipinski definition) is 2. The lowest BCUT2D eigenvalue weighted by Gasteiger charge is -2.17. The van der Waals surface area contributed by atoms with Gasteiger partial charge >= 0.3 is 5.97 Å². The molecule has 0 aromatic heterocycles. The van der Waals surface area contributed by atoms with Gasteiger partial charge in [0, 0.05) is 5.56 Å². The summed E-state index contributed by atoms with van der Waals surface area (Å²) in [5, 5.41) is 9.31. The number of halogens is 2. The van der Waals surface area contributed by atoms with E-state index in [0.29, 0.717) is 23.3 Å². The molecule has 2 N–H and O–H groups in total. The summed E-state index contributed by atoms with van der Waals surface area (Å²) in [5.74, 6) is -1.81. The first-order valence-corrected chi connectivity index (χ1v) is 7.90. The van der Waals surface area contributed by atoms with Crippen LogP contribution in [0, 0.1) is 0 Å². The van der Waals surface area contributed by atoms with Crippen LogP contribution in [0.1, 0.15) is 23.7 Å². The van der Waals surface area contributed by atoms with Gasteiger partial charge in [0.1, 0.15) is 12.3 Å². The molecule has 1 amide bonds. The zero-order valence-corrected chi connectivity index (χ0v) is 14.4. The van der Waals surface area contributed by atoms with E-state index >= 15 is 0 Å². The Labute approximate surface area is 149 Å². The van der Waals surface area contributed by atoms with E-state index in [4.69, 9.17) is 33.0 Å². The van der Waals surface area contributed by atoms with Gasteiger partial charge in [0.2, 0.25) is 5.91 Å². The van der Waals surface area contributed by atoms with Gasteiger partial charge in [-0.2, -0.15) is 0 Å². The first-order chi connectivity index (χ1) is 11.3. The highest BCUT2D eigenvalue weighted by Gasteiger charge is 2.26. The topological polar surface area (TPSA) is 92.7 Å². The van der Waals surface area contributed by atoms with Crippen molar-refractivity contribution in [1.82, 2.24) is 5.32 Å². The third-order valence-electron chi connectivity index (χ3n) is 3.01. The number of carboxylic acids is 1. The Kier molecular flexibility index (Phi) is 7.74. The maximum absolute atomic E-state index is 11.9. The number of ketones is 1. The molecule has 6 nitrogen and oxygen atoms in total. The Balaban J connectivity index is 2.65. The Bertz CT molecular complexity index is 630. The minimum absolute atomic E-state index is 0.158. The number of carboxylic acid groups (broad SMARTS) is 1. The van der Waals surface area contributed by atoms with E-state index in [1.54, 1.807) is 12.1 Å². The Morgan fingerprint density at radius 3 is 2.33 bits per heavy atom. The minimum Gasteiger partial charge on any atom is -0.480 e. The van der Waals surface area contributed by atoms with Crippen LogP contribution in [0.2, 0.25) is 0 Å². The molecule has 1 aromatic carbocycles. The molecule has 2 unspecified atom stereocenters. The number of nitrogens with one attached hydrogen (secondary N) is 1. The monoisotopic (exact) mass is 373 g/mol. The maximum Gasteiger partial charge on any atom is 0.322 e. The summed E-state index contributed by atoms with van der Waals surface area (Å²) in [6.45, 7) is 4.96. The summed E-state index contributed by atoms with van der Waals surface area (Å²) in [4.78, 5) is 33.9. The van der Waals surface area contributed by atoms with Crippen LogP contribution in [0.5, 0.6) is 5.75 Å². The van der Waals surface area contributed by atoms with E-state index in [9.17, 15) is 14.4 Å². The predicted octanol–water partition coefficient (Wildman–Crippen LogP) is 2.59. The van der Waals surface area contributed by atoms with Gasteiger partial charge in [0.05, 0.1) is 0 Å². The molecule has 0 aliphatic rings. The molecule has 0 aliphatic carbocycles. The van der Waals surface area contributed by atoms with Gasteiger partial charge in [-0.05, 0) is 36.3 Å². The van der Waals surface area contributed by atoms with E-state index in [1.807, 2.05) is 6.92 Å². The highest BCUT2D eigenvalue weighted by Crippen LogP contribution is 2.20. The fraction of sp³-hybridized carbons (Fsp3) is 0.312. The number of hydrogen-bond acceptors (Lipinski definition) is 4. The van der Waals surface area contributed by atoms with Gasteiger partial charge in [0.25, 0.3) is 0 Å². The van der Waals surface area contributed by atoms with Gasteiger partial charge in [-0.15, -0.1) is 11.6 Å². The molecule has 0 saturated heterocycles. The smallest absolute Gasteiger partial charge is 0.322 e. The average Bonchev–Trinajstić information content (AvgIpc) is 2.58. The molecule has 8 heteroatoms. The van der Waals surface area contributed by atoms with Crippen molar-refractivity contribution < 1.29 is 24.2 Å². The first-order valence-electron chi connectivity index (χ1n) is 7.03. The molecule has 24 heavy (non-hydrogen) atoms. The normalized spacial score (nSPS) is 12.8. The third kappa shape index (κ3) is 5.86. The van der Waals surface area contributed by atoms with Crippen LogP contribution in [-0.2, 0) is 9.59 Å². The van der Waals surface area contributed by atoms with Crippen molar-refractivity contribution in [2.24, 2.45) is 0 Å². The Hall–Kier alpha value is -2.05. The molecular weight excluding hydrogens is 357 g/mol. The first kappa shape index (κ1) is 20.0. The minimum atomic E-state index is -1.29. The summed E-state index contributed by atoms with van der Waals surface area (Å²) >= 11 is 11.7. The Morgan fingerprint density at radius 2 is 1.83 bits per heavy atom. The van der Waals surface area contributed by atoms with Crippen LogP contribution in [0.25, 0.3) is 0 Å². The lowest BCUT2D eigenvalue weighted by Crippen LogP contribution is -2.40. The zero-order chi connectivity index (χ0) is 18.3.